The second-order valence-corrected chi connectivity index (χ2v) is 5.31. The van der Waals surface area contributed by atoms with Gasteiger partial charge in [0.1, 0.15) is 11.6 Å². The minimum atomic E-state index is -0.540. The maximum absolute atomic E-state index is 14.1. The van der Waals surface area contributed by atoms with E-state index >= 15 is 0 Å². The van der Waals surface area contributed by atoms with Gasteiger partial charge < -0.3 is 5.32 Å². The van der Waals surface area contributed by atoms with Crippen LogP contribution in [0.3, 0.4) is 0 Å². The van der Waals surface area contributed by atoms with Gasteiger partial charge in [-0.3, -0.25) is 4.90 Å². The minimum Gasteiger partial charge on any atom is -0.314 e. The Morgan fingerprint density at radius 2 is 1.84 bits per heavy atom. The molecule has 0 aromatic heterocycles. The monoisotopic (exact) mass is 288 g/mol. The normalized spacial score (nSPS) is 18.5. The molecule has 1 aliphatic rings. The van der Waals surface area contributed by atoms with Crippen LogP contribution in [-0.2, 0) is 0 Å². The molecule has 1 aromatic rings. The maximum Gasteiger partial charge on any atom is 0.132 e. The Bertz CT molecular complexity index is 410. The third kappa shape index (κ3) is 3.44. The first-order valence-electron chi connectivity index (χ1n) is 6.72. The van der Waals surface area contributed by atoms with Gasteiger partial charge in [0, 0.05) is 42.8 Å². The van der Waals surface area contributed by atoms with Crippen LogP contribution in [-0.4, -0.2) is 31.1 Å². The summed E-state index contributed by atoms with van der Waals surface area (Å²) in [5, 5.41) is 3.36. The minimum absolute atomic E-state index is 0.106. The Hall–Kier alpha value is -0.710. The lowest BCUT2D eigenvalue weighted by Crippen LogP contribution is -2.45. The highest BCUT2D eigenvalue weighted by Crippen LogP contribution is 2.32. The van der Waals surface area contributed by atoms with Gasteiger partial charge in [-0.15, -0.1) is 0 Å². The molecule has 0 aliphatic carbocycles. The fourth-order valence-corrected chi connectivity index (χ4v) is 2.84. The van der Waals surface area contributed by atoms with E-state index in [1.807, 2.05) is 6.92 Å². The summed E-state index contributed by atoms with van der Waals surface area (Å²) in [5.41, 5.74) is 0.160. The molecule has 0 saturated carbocycles. The largest absolute Gasteiger partial charge is 0.314 e. The van der Waals surface area contributed by atoms with Crippen LogP contribution in [0.1, 0.15) is 31.4 Å². The van der Waals surface area contributed by atoms with Gasteiger partial charge in [0.15, 0.2) is 0 Å². The van der Waals surface area contributed by atoms with E-state index in [1.165, 1.54) is 12.1 Å². The third-order valence-electron chi connectivity index (χ3n) is 3.53. The van der Waals surface area contributed by atoms with Crippen molar-refractivity contribution in [2.75, 3.05) is 26.2 Å². The van der Waals surface area contributed by atoms with Crippen LogP contribution in [0.2, 0.25) is 5.02 Å². The van der Waals surface area contributed by atoms with Crippen molar-refractivity contribution < 1.29 is 8.78 Å². The molecular weight excluding hydrogens is 270 g/mol. The van der Waals surface area contributed by atoms with Crippen LogP contribution in [0.15, 0.2) is 12.1 Å². The molecular formula is C14H19ClF2N2. The van der Waals surface area contributed by atoms with Gasteiger partial charge in [0.25, 0.3) is 0 Å². The molecule has 1 N–H and O–H groups in total. The molecule has 2 rings (SSSR count). The number of hydrogen-bond acceptors (Lipinski definition) is 2. The van der Waals surface area contributed by atoms with Crippen LogP contribution in [0.4, 0.5) is 8.78 Å². The van der Waals surface area contributed by atoms with E-state index in [2.05, 4.69) is 10.2 Å². The summed E-state index contributed by atoms with van der Waals surface area (Å²) >= 11 is 5.69. The first kappa shape index (κ1) is 14.7. The zero-order valence-electron chi connectivity index (χ0n) is 11.1. The molecule has 5 heteroatoms. The summed E-state index contributed by atoms with van der Waals surface area (Å²) in [7, 11) is 0. The molecule has 1 fully saturated rings. The molecule has 2 nitrogen and oxygen atoms in total. The first-order valence-corrected chi connectivity index (χ1v) is 7.10. The Labute approximate surface area is 117 Å². The predicted octanol–water partition coefficient (Wildman–Crippen LogP) is 3.36. The van der Waals surface area contributed by atoms with Gasteiger partial charge in [0.2, 0.25) is 0 Å². The fourth-order valence-electron chi connectivity index (χ4n) is 2.65. The van der Waals surface area contributed by atoms with Gasteiger partial charge in [-0.25, -0.2) is 8.78 Å². The van der Waals surface area contributed by atoms with Crippen molar-refractivity contribution in [3.8, 4) is 0 Å². The van der Waals surface area contributed by atoms with E-state index < -0.39 is 11.6 Å². The lowest BCUT2D eigenvalue weighted by Gasteiger charge is -2.35. The summed E-state index contributed by atoms with van der Waals surface area (Å²) in [4.78, 5) is 2.15. The van der Waals surface area contributed by atoms with Crippen molar-refractivity contribution in [2.45, 2.75) is 25.8 Å². The fraction of sp³-hybridized carbons (Fsp3) is 0.571. The van der Waals surface area contributed by atoms with E-state index in [4.69, 9.17) is 11.6 Å². The maximum atomic E-state index is 14.1. The van der Waals surface area contributed by atoms with Gasteiger partial charge in [-0.1, -0.05) is 24.9 Å². The third-order valence-corrected chi connectivity index (χ3v) is 3.75. The van der Waals surface area contributed by atoms with Gasteiger partial charge in [-0.2, -0.15) is 0 Å². The van der Waals surface area contributed by atoms with Crippen molar-refractivity contribution >= 4 is 11.6 Å². The molecule has 1 atom stereocenters. The van der Waals surface area contributed by atoms with Crippen LogP contribution in [0, 0.1) is 11.6 Å². The molecule has 1 heterocycles. The molecule has 1 aromatic carbocycles. The molecule has 0 radical (unpaired) electrons. The van der Waals surface area contributed by atoms with Crippen molar-refractivity contribution in [2.24, 2.45) is 0 Å². The van der Waals surface area contributed by atoms with Crippen LogP contribution < -0.4 is 5.32 Å². The van der Waals surface area contributed by atoms with Gasteiger partial charge >= 0.3 is 0 Å². The Balaban J connectivity index is 2.32. The zero-order valence-corrected chi connectivity index (χ0v) is 11.8. The number of piperazine rings is 1. The van der Waals surface area contributed by atoms with Gasteiger partial charge in [-0.05, 0) is 18.6 Å². The summed E-state index contributed by atoms with van der Waals surface area (Å²) in [6.45, 7) is 5.37. The number of nitrogens with one attached hydrogen (secondary N) is 1. The summed E-state index contributed by atoms with van der Waals surface area (Å²) in [6, 6.07) is 2.19. The highest BCUT2D eigenvalue weighted by atomic mass is 35.5. The summed E-state index contributed by atoms with van der Waals surface area (Å²) in [6.07, 6.45) is 1.63. The average Bonchev–Trinajstić information content (AvgIpc) is 2.37. The predicted molar refractivity (Wildman–Crippen MR) is 73.5 cm³/mol. The highest BCUT2D eigenvalue weighted by molar-refractivity contribution is 6.30. The van der Waals surface area contributed by atoms with Crippen LogP contribution in [0.25, 0.3) is 0 Å². The number of halogens is 3. The van der Waals surface area contributed by atoms with Crippen LogP contribution >= 0.6 is 11.6 Å². The second kappa shape index (κ2) is 6.64. The second-order valence-electron chi connectivity index (χ2n) is 4.87. The summed E-state index contributed by atoms with van der Waals surface area (Å²) in [5.74, 6) is -1.08. The number of rotatable bonds is 4. The summed E-state index contributed by atoms with van der Waals surface area (Å²) < 4.78 is 28.1. The van der Waals surface area contributed by atoms with E-state index in [1.54, 1.807) is 0 Å². The highest BCUT2D eigenvalue weighted by Gasteiger charge is 2.27. The standard InChI is InChI=1S/C14H19ClF2N2/c1-2-3-13(19-6-4-18-5-7-19)14-11(16)8-10(15)9-12(14)17/h8-9,13,18H,2-7H2,1H3/t13-/m1/s1. The Kier molecular flexibility index (Phi) is 5.13. The molecule has 0 bridgehead atoms. The van der Waals surface area contributed by atoms with E-state index in [0.717, 1.165) is 39.0 Å². The lowest BCUT2D eigenvalue weighted by molar-refractivity contribution is 0.158. The van der Waals surface area contributed by atoms with Crippen LogP contribution in [0.5, 0.6) is 0 Å². The van der Waals surface area contributed by atoms with Gasteiger partial charge in [0.05, 0.1) is 0 Å². The molecule has 1 saturated heterocycles. The SMILES string of the molecule is CCC[C@H](c1c(F)cc(Cl)cc1F)N1CCNCC1. The molecule has 106 valence electrons. The molecule has 0 amide bonds. The van der Waals surface area contributed by atoms with Crippen molar-refractivity contribution in [3.63, 3.8) is 0 Å². The topological polar surface area (TPSA) is 15.3 Å². The number of hydrogen-bond donors (Lipinski definition) is 1. The number of benzene rings is 1. The number of nitrogens with zero attached hydrogens (tertiary/aromatic N) is 1. The molecule has 19 heavy (non-hydrogen) atoms. The Morgan fingerprint density at radius 3 is 2.37 bits per heavy atom. The molecule has 0 unspecified atom stereocenters. The van der Waals surface area contributed by atoms with E-state index in [0.29, 0.717) is 0 Å². The smallest absolute Gasteiger partial charge is 0.132 e. The van der Waals surface area contributed by atoms with Crippen molar-refractivity contribution in [1.82, 2.24) is 10.2 Å². The van der Waals surface area contributed by atoms with Crippen molar-refractivity contribution in [1.29, 1.82) is 0 Å². The first-order chi connectivity index (χ1) is 9.13. The van der Waals surface area contributed by atoms with E-state index in [9.17, 15) is 8.78 Å². The average molecular weight is 289 g/mol. The molecule has 0 spiro atoms. The zero-order chi connectivity index (χ0) is 13.8. The lowest BCUT2D eigenvalue weighted by atomic mass is 9.98. The quantitative estimate of drug-likeness (QED) is 0.914. The van der Waals surface area contributed by atoms with E-state index in [-0.39, 0.29) is 16.6 Å². The molecule has 1 aliphatic heterocycles. The van der Waals surface area contributed by atoms with Crippen molar-refractivity contribution in [3.05, 3.63) is 34.4 Å². The Morgan fingerprint density at radius 1 is 1.26 bits per heavy atom.